The van der Waals surface area contributed by atoms with Crippen molar-refractivity contribution in [2.75, 3.05) is 47.6 Å². The standard InChI is InChI=1S/C14H22BrNO3/c1-16(10-12(15)11-17-2)8-9-19-14-6-4-13(18-3)5-7-14/h4-7,12H,8-11H2,1-3H3. The van der Waals surface area contributed by atoms with Crippen LogP contribution < -0.4 is 9.47 Å². The third kappa shape index (κ3) is 6.80. The molecule has 1 rings (SSSR count). The molecule has 0 aliphatic rings. The molecule has 108 valence electrons. The van der Waals surface area contributed by atoms with Crippen molar-refractivity contribution < 1.29 is 14.2 Å². The van der Waals surface area contributed by atoms with Gasteiger partial charge in [-0.05, 0) is 31.3 Å². The summed E-state index contributed by atoms with van der Waals surface area (Å²) in [6.07, 6.45) is 0. The van der Waals surface area contributed by atoms with Gasteiger partial charge in [0.15, 0.2) is 0 Å². The number of alkyl halides is 1. The maximum absolute atomic E-state index is 5.67. The fraction of sp³-hybridized carbons (Fsp3) is 0.571. The van der Waals surface area contributed by atoms with Gasteiger partial charge in [-0.3, -0.25) is 0 Å². The van der Waals surface area contributed by atoms with E-state index >= 15 is 0 Å². The van der Waals surface area contributed by atoms with Gasteiger partial charge in [-0.1, -0.05) is 15.9 Å². The maximum atomic E-state index is 5.67. The Morgan fingerprint density at radius 3 is 2.37 bits per heavy atom. The van der Waals surface area contributed by atoms with Crippen LogP contribution in [0.3, 0.4) is 0 Å². The Morgan fingerprint density at radius 2 is 1.79 bits per heavy atom. The summed E-state index contributed by atoms with van der Waals surface area (Å²) in [6, 6.07) is 7.62. The van der Waals surface area contributed by atoms with Gasteiger partial charge in [-0.25, -0.2) is 0 Å². The summed E-state index contributed by atoms with van der Waals surface area (Å²) < 4.78 is 15.9. The van der Waals surface area contributed by atoms with Gasteiger partial charge in [0.2, 0.25) is 0 Å². The molecule has 0 radical (unpaired) electrons. The van der Waals surface area contributed by atoms with Gasteiger partial charge in [-0.2, -0.15) is 0 Å². The summed E-state index contributed by atoms with van der Waals surface area (Å²) in [5, 5.41) is 0. The highest BCUT2D eigenvalue weighted by atomic mass is 79.9. The predicted molar refractivity (Wildman–Crippen MR) is 80.6 cm³/mol. The predicted octanol–water partition coefficient (Wildman–Crippen LogP) is 2.42. The minimum Gasteiger partial charge on any atom is -0.497 e. The topological polar surface area (TPSA) is 30.9 Å². The highest BCUT2D eigenvalue weighted by Gasteiger charge is 2.07. The Bertz CT molecular complexity index is 345. The number of rotatable bonds is 9. The van der Waals surface area contributed by atoms with Gasteiger partial charge in [0.1, 0.15) is 18.1 Å². The quantitative estimate of drug-likeness (QED) is 0.650. The Balaban J connectivity index is 2.21. The molecule has 0 aliphatic heterocycles. The molecule has 0 heterocycles. The van der Waals surface area contributed by atoms with Crippen molar-refractivity contribution in [1.82, 2.24) is 4.90 Å². The smallest absolute Gasteiger partial charge is 0.119 e. The van der Waals surface area contributed by atoms with Crippen LogP contribution in [0.5, 0.6) is 11.5 Å². The average Bonchev–Trinajstić information content (AvgIpc) is 2.39. The van der Waals surface area contributed by atoms with Crippen molar-refractivity contribution in [2.24, 2.45) is 0 Å². The van der Waals surface area contributed by atoms with Crippen molar-refractivity contribution in [2.45, 2.75) is 4.83 Å². The van der Waals surface area contributed by atoms with E-state index in [1.165, 1.54) is 0 Å². The molecule has 19 heavy (non-hydrogen) atoms. The number of ether oxygens (including phenoxy) is 3. The Hall–Kier alpha value is -0.780. The zero-order valence-electron chi connectivity index (χ0n) is 11.8. The van der Waals surface area contributed by atoms with E-state index in [-0.39, 0.29) is 0 Å². The van der Waals surface area contributed by atoms with Crippen molar-refractivity contribution in [3.63, 3.8) is 0 Å². The molecule has 1 aromatic rings. The molecule has 0 amide bonds. The van der Waals surface area contributed by atoms with Crippen molar-refractivity contribution >= 4 is 15.9 Å². The first-order chi connectivity index (χ1) is 9.15. The summed E-state index contributed by atoms with van der Waals surface area (Å²) in [6.45, 7) is 3.18. The van der Waals surface area contributed by atoms with E-state index in [2.05, 4.69) is 27.9 Å². The fourth-order valence-corrected chi connectivity index (χ4v) is 2.41. The molecule has 0 bridgehead atoms. The number of methoxy groups -OCH3 is 2. The highest BCUT2D eigenvalue weighted by Crippen LogP contribution is 2.16. The first-order valence-electron chi connectivity index (χ1n) is 6.24. The number of benzene rings is 1. The lowest BCUT2D eigenvalue weighted by atomic mass is 10.3. The minimum atomic E-state index is 0.350. The molecular formula is C14H22BrNO3. The van der Waals surface area contributed by atoms with Crippen molar-refractivity contribution in [3.05, 3.63) is 24.3 Å². The van der Waals surface area contributed by atoms with E-state index in [1.807, 2.05) is 24.3 Å². The minimum absolute atomic E-state index is 0.350. The van der Waals surface area contributed by atoms with E-state index in [4.69, 9.17) is 14.2 Å². The molecule has 0 aliphatic carbocycles. The average molecular weight is 332 g/mol. The summed E-state index contributed by atoms with van der Waals surface area (Å²) in [5.74, 6) is 1.70. The van der Waals surface area contributed by atoms with Gasteiger partial charge in [-0.15, -0.1) is 0 Å². The number of hydrogen-bond donors (Lipinski definition) is 0. The van der Waals surface area contributed by atoms with Gasteiger partial charge >= 0.3 is 0 Å². The lowest BCUT2D eigenvalue weighted by molar-refractivity contribution is 0.178. The van der Waals surface area contributed by atoms with Crippen LogP contribution >= 0.6 is 15.9 Å². The molecule has 0 spiro atoms. The van der Waals surface area contributed by atoms with Gasteiger partial charge in [0.05, 0.1) is 18.5 Å². The number of halogens is 1. The molecule has 1 aromatic carbocycles. The normalized spacial score (nSPS) is 12.5. The van der Waals surface area contributed by atoms with Gasteiger partial charge in [0.25, 0.3) is 0 Å². The SMILES string of the molecule is COCC(Br)CN(C)CCOc1ccc(OC)cc1. The second-order valence-corrected chi connectivity index (χ2v) is 5.63. The van der Waals surface area contributed by atoms with Crippen LogP contribution in [-0.2, 0) is 4.74 Å². The van der Waals surface area contributed by atoms with Crippen LogP contribution in [-0.4, -0.2) is 57.3 Å². The lowest BCUT2D eigenvalue weighted by Gasteiger charge is -2.19. The third-order valence-electron chi connectivity index (χ3n) is 2.66. The largest absolute Gasteiger partial charge is 0.497 e. The maximum Gasteiger partial charge on any atom is 0.119 e. The third-order valence-corrected chi connectivity index (χ3v) is 3.21. The Labute approximate surface area is 123 Å². The van der Waals surface area contributed by atoms with Crippen LogP contribution in [0, 0.1) is 0 Å². The van der Waals surface area contributed by atoms with Crippen LogP contribution in [0.4, 0.5) is 0 Å². The lowest BCUT2D eigenvalue weighted by Crippen LogP contribution is -2.31. The molecule has 0 aromatic heterocycles. The summed E-state index contributed by atoms with van der Waals surface area (Å²) in [5.41, 5.74) is 0. The number of hydrogen-bond acceptors (Lipinski definition) is 4. The van der Waals surface area contributed by atoms with Gasteiger partial charge < -0.3 is 19.1 Å². The summed E-state index contributed by atoms with van der Waals surface area (Å²) in [7, 11) is 5.43. The monoisotopic (exact) mass is 331 g/mol. The zero-order valence-corrected chi connectivity index (χ0v) is 13.4. The molecule has 4 nitrogen and oxygen atoms in total. The fourth-order valence-electron chi connectivity index (χ4n) is 1.65. The molecular weight excluding hydrogens is 310 g/mol. The van der Waals surface area contributed by atoms with E-state index in [0.29, 0.717) is 18.0 Å². The molecule has 1 atom stereocenters. The van der Waals surface area contributed by atoms with Crippen molar-refractivity contribution in [3.8, 4) is 11.5 Å². The van der Waals surface area contributed by atoms with E-state index in [9.17, 15) is 0 Å². The Morgan fingerprint density at radius 1 is 1.16 bits per heavy atom. The molecule has 0 N–H and O–H groups in total. The molecule has 0 fully saturated rings. The molecule has 1 unspecified atom stereocenters. The number of nitrogens with zero attached hydrogens (tertiary/aromatic N) is 1. The summed E-state index contributed by atoms with van der Waals surface area (Å²) >= 11 is 3.57. The van der Waals surface area contributed by atoms with Crippen LogP contribution in [0.1, 0.15) is 0 Å². The molecule has 5 heteroatoms. The Kier molecular flexibility index (Phi) is 7.86. The van der Waals surface area contributed by atoms with E-state index < -0.39 is 0 Å². The first-order valence-corrected chi connectivity index (χ1v) is 7.15. The summed E-state index contributed by atoms with van der Waals surface area (Å²) in [4.78, 5) is 2.56. The second-order valence-electron chi connectivity index (χ2n) is 4.34. The van der Waals surface area contributed by atoms with Crippen molar-refractivity contribution in [1.29, 1.82) is 0 Å². The van der Waals surface area contributed by atoms with E-state index in [0.717, 1.165) is 24.6 Å². The zero-order chi connectivity index (χ0) is 14.1. The number of likely N-dealkylation sites (N-methyl/N-ethyl adjacent to an activating group) is 1. The highest BCUT2D eigenvalue weighted by molar-refractivity contribution is 9.09. The molecule has 0 saturated heterocycles. The van der Waals surface area contributed by atoms with Gasteiger partial charge in [0, 0.05) is 20.2 Å². The van der Waals surface area contributed by atoms with Crippen LogP contribution in [0.2, 0.25) is 0 Å². The van der Waals surface area contributed by atoms with Crippen LogP contribution in [0.25, 0.3) is 0 Å². The van der Waals surface area contributed by atoms with E-state index in [1.54, 1.807) is 14.2 Å². The van der Waals surface area contributed by atoms with Crippen LogP contribution in [0.15, 0.2) is 24.3 Å². The second kappa shape index (κ2) is 9.18. The first kappa shape index (κ1) is 16.3. The molecule has 0 saturated carbocycles.